The van der Waals surface area contributed by atoms with Crippen molar-refractivity contribution in [1.82, 2.24) is 0 Å². The van der Waals surface area contributed by atoms with Crippen LogP contribution in [-0.2, 0) is 0 Å². The van der Waals surface area contributed by atoms with Crippen LogP contribution in [0.5, 0.6) is 5.75 Å². The smallest absolute Gasteiger partial charge is 0.116 e. The van der Waals surface area contributed by atoms with Crippen molar-refractivity contribution < 1.29 is 5.11 Å². The van der Waals surface area contributed by atoms with Crippen molar-refractivity contribution in [3.05, 3.63) is 29.3 Å². The third-order valence-electron chi connectivity index (χ3n) is 1.64. The quantitative estimate of drug-likeness (QED) is 0.734. The first-order valence-corrected chi connectivity index (χ1v) is 5.11. The van der Waals surface area contributed by atoms with Crippen LogP contribution in [-0.4, -0.2) is 24.1 Å². The molecular formula is C12H18N2O. The van der Waals surface area contributed by atoms with Crippen molar-refractivity contribution in [2.24, 2.45) is 4.99 Å². The van der Waals surface area contributed by atoms with Crippen LogP contribution >= 0.6 is 0 Å². The topological polar surface area (TPSA) is 56.4 Å². The van der Waals surface area contributed by atoms with Gasteiger partial charge in [-0.25, -0.2) is 0 Å². The molecule has 2 N–H and O–H groups in total. The Bertz CT molecular complexity index is 332. The number of phenolic OH excluding ortho intramolecular Hbond substituents is 1. The Morgan fingerprint density at radius 3 is 2.53 bits per heavy atom. The molecule has 1 rings (SSSR count). The number of phenols is 1. The summed E-state index contributed by atoms with van der Waals surface area (Å²) in [6.45, 7) is 6.67. The number of hydrogen-bond acceptors (Lipinski definition) is 3. The molecule has 3 nitrogen and oxygen atoms in total. The molecule has 0 saturated heterocycles. The van der Waals surface area contributed by atoms with Gasteiger partial charge in [-0.1, -0.05) is 13.8 Å². The highest BCUT2D eigenvalue weighted by Gasteiger charge is 1.97. The molecule has 0 aliphatic heterocycles. The first-order chi connectivity index (χ1) is 7.27. The average Bonchev–Trinajstić information content (AvgIpc) is 2.30. The molecule has 1 aromatic carbocycles. The third-order valence-corrected chi connectivity index (χ3v) is 1.64. The van der Waals surface area contributed by atoms with Crippen LogP contribution in [0.3, 0.4) is 0 Å². The van der Waals surface area contributed by atoms with E-state index in [0.29, 0.717) is 5.56 Å². The number of rotatable bonds is 3. The predicted octanol–water partition coefficient (Wildman–Crippen LogP) is 2.85. The van der Waals surface area contributed by atoms with Gasteiger partial charge < -0.3 is 10.5 Å². The van der Waals surface area contributed by atoms with E-state index < -0.39 is 0 Å². The normalized spacial score (nSPS) is 9.53. The second-order valence-electron chi connectivity index (χ2n) is 2.59. The minimum atomic E-state index is 0.173. The highest BCUT2D eigenvalue weighted by atomic mass is 16.3. The number of aliphatic imine (C=N–C) groups is 1. The van der Waals surface area contributed by atoms with Gasteiger partial charge in [0.25, 0.3) is 0 Å². The summed E-state index contributed by atoms with van der Waals surface area (Å²) in [5.41, 5.74) is 1.53. The number of nitrogens with zero attached hydrogens (tertiary/aromatic N) is 1. The van der Waals surface area contributed by atoms with E-state index in [4.69, 9.17) is 10.5 Å². The monoisotopic (exact) mass is 206 g/mol. The minimum absolute atomic E-state index is 0.173. The van der Waals surface area contributed by atoms with Gasteiger partial charge in [-0.05, 0) is 25.1 Å². The van der Waals surface area contributed by atoms with Crippen molar-refractivity contribution in [1.29, 1.82) is 5.41 Å². The lowest BCUT2D eigenvalue weighted by atomic mass is 10.1. The molecular weight excluding hydrogens is 188 g/mol. The van der Waals surface area contributed by atoms with E-state index in [0.717, 1.165) is 12.1 Å². The zero-order valence-electron chi connectivity index (χ0n) is 9.49. The number of hydrogen-bond donors (Lipinski definition) is 2. The Labute approximate surface area is 91.0 Å². The number of nitrogens with one attached hydrogen (secondary N) is 1. The molecule has 82 valence electrons. The van der Waals surface area contributed by atoms with Crippen molar-refractivity contribution >= 4 is 12.4 Å². The maximum Gasteiger partial charge on any atom is 0.116 e. The van der Waals surface area contributed by atoms with Gasteiger partial charge in [0.15, 0.2) is 0 Å². The molecule has 0 bridgehead atoms. The molecule has 0 aromatic heterocycles. The summed E-state index contributed by atoms with van der Waals surface area (Å²) < 4.78 is 0. The lowest BCUT2D eigenvalue weighted by Gasteiger charge is -1.99. The van der Waals surface area contributed by atoms with Crippen LogP contribution in [0.2, 0.25) is 0 Å². The molecule has 1 aromatic rings. The van der Waals surface area contributed by atoms with E-state index in [1.165, 1.54) is 6.21 Å². The molecule has 0 unspecified atom stereocenters. The molecule has 0 spiro atoms. The van der Waals surface area contributed by atoms with Crippen molar-refractivity contribution in [2.75, 3.05) is 6.54 Å². The van der Waals surface area contributed by atoms with E-state index in [2.05, 4.69) is 4.99 Å². The second-order valence-corrected chi connectivity index (χ2v) is 2.59. The highest BCUT2D eigenvalue weighted by Crippen LogP contribution is 2.13. The Kier molecular flexibility index (Phi) is 6.89. The maximum absolute atomic E-state index is 9.15. The molecule has 15 heavy (non-hydrogen) atoms. The van der Waals surface area contributed by atoms with Gasteiger partial charge in [0, 0.05) is 30.1 Å². The third kappa shape index (κ3) is 4.40. The number of aromatic hydroxyl groups is 1. The van der Waals surface area contributed by atoms with Gasteiger partial charge in [0.2, 0.25) is 0 Å². The van der Waals surface area contributed by atoms with E-state index in [1.807, 2.05) is 20.8 Å². The Morgan fingerprint density at radius 1 is 1.33 bits per heavy atom. The lowest BCUT2D eigenvalue weighted by Crippen LogP contribution is -1.90. The van der Waals surface area contributed by atoms with E-state index in [1.54, 1.807) is 24.4 Å². The van der Waals surface area contributed by atoms with Gasteiger partial charge in [-0.15, -0.1) is 0 Å². The van der Waals surface area contributed by atoms with Gasteiger partial charge in [0.1, 0.15) is 5.75 Å². The van der Waals surface area contributed by atoms with Crippen LogP contribution in [0.25, 0.3) is 0 Å². The summed E-state index contributed by atoms with van der Waals surface area (Å²) >= 11 is 0. The van der Waals surface area contributed by atoms with Gasteiger partial charge >= 0.3 is 0 Å². The Hall–Kier alpha value is -1.64. The first-order valence-electron chi connectivity index (χ1n) is 5.11. The van der Waals surface area contributed by atoms with Crippen molar-refractivity contribution in [3.8, 4) is 5.75 Å². The maximum atomic E-state index is 9.15. The van der Waals surface area contributed by atoms with Gasteiger partial charge in [-0.3, -0.25) is 4.99 Å². The SMILES string of the molecule is CC.CCN=Cc1ccc(O)cc1C=N. The standard InChI is InChI=1S/C10H12N2O.C2H6/c1-2-12-7-8-3-4-10(13)5-9(8)6-11;1-2/h3-7,11,13H,2H2,1H3;1-2H3. The Balaban J connectivity index is 0.000000921. The molecule has 0 fully saturated rings. The fourth-order valence-corrected chi connectivity index (χ4v) is 0.994. The Morgan fingerprint density at radius 2 is 2.00 bits per heavy atom. The molecule has 0 aliphatic rings. The highest BCUT2D eigenvalue weighted by molar-refractivity contribution is 5.93. The molecule has 0 atom stereocenters. The fourth-order valence-electron chi connectivity index (χ4n) is 0.994. The minimum Gasteiger partial charge on any atom is -0.508 e. The number of benzene rings is 1. The van der Waals surface area contributed by atoms with Crippen LogP contribution in [0.4, 0.5) is 0 Å². The molecule has 0 heterocycles. The van der Waals surface area contributed by atoms with E-state index >= 15 is 0 Å². The molecule has 3 heteroatoms. The van der Waals surface area contributed by atoms with Crippen LogP contribution in [0.1, 0.15) is 31.9 Å². The fraction of sp³-hybridized carbons (Fsp3) is 0.333. The van der Waals surface area contributed by atoms with Crippen molar-refractivity contribution in [3.63, 3.8) is 0 Å². The van der Waals surface area contributed by atoms with Gasteiger partial charge in [0.05, 0.1) is 0 Å². The van der Waals surface area contributed by atoms with E-state index in [-0.39, 0.29) is 5.75 Å². The van der Waals surface area contributed by atoms with E-state index in [9.17, 15) is 0 Å². The molecule has 0 amide bonds. The second kappa shape index (κ2) is 7.74. The summed E-state index contributed by atoms with van der Waals surface area (Å²) in [6, 6.07) is 4.88. The summed E-state index contributed by atoms with van der Waals surface area (Å²) in [4.78, 5) is 4.07. The largest absolute Gasteiger partial charge is 0.508 e. The zero-order valence-corrected chi connectivity index (χ0v) is 9.49. The average molecular weight is 206 g/mol. The molecule has 0 radical (unpaired) electrons. The summed E-state index contributed by atoms with van der Waals surface area (Å²) in [5.74, 6) is 0.173. The summed E-state index contributed by atoms with van der Waals surface area (Å²) in [6.07, 6.45) is 2.91. The lowest BCUT2D eigenvalue weighted by molar-refractivity contribution is 0.475. The predicted molar refractivity (Wildman–Crippen MR) is 65.5 cm³/mol. The van der Waals surface area contributed by atoms with Crippen LogP contribution in [0, 0.1) is 5.41 Å². The van der Waals surface area contributed by atoms with Crippen LogP contribution < -0.4 is 0 Å². The summed E-state index contributed by atoms with van der Waals surface area (Å²) in [5, 5.41) is 16.3. The van der Waals surface area contributed by atoms with Gasteiger partial charge in [-0.2, -0.15) is 0 Å². The molecule has 0 aliphatic carbocycles. The van der Waals surface area contributed by atoms with Crippen molar-refractivity contribution in [2.45, 2.75) is 20.8 Å². The first kappa shape index (κ1) is 13.4. The molecule has 0 saturated carbocycles. The summed E-state index contributed by atoms with van der Waals surface area (Å²) in [7, 11) is 0. The zero-order chi connectivity index (χ0) is 11.7. The van der Waals surface area contributed by atoms with Crippen LogP contribution in [0.15, 0.2) is 23.2 Å².